The molecular formula is C9H7ClN2O2S. The highest BCUT2D eigenvalue weighted by Crippen LogP contribution is 2.32. The number of ether oxygens (including phenoxy) is 1. The largest absolute Gasteiger partial charge is 0.465 e. The van der Waals surface area contributed by atoms with Crippen LogP contribution in [0.2, 0.25) is 5.02 Å². The molecule has 0 saturated heterocycles. The van der Waals surface area contributed by atoms with E-state index in [9.17, 15) is 4.79 Å². The van der Waals surface area contributed by atoms with Gasteiger partial charge in [-0.1, -0.05) is 22.9 Å². The first-order valence-corrected chi connectivity index (χ1v) is 5.25. The quantitative estimate of drug-likeness (QED) is 0.780. The van der Waals surface area contributed by atoms with Gasteiger partial charge in [-0.25, -0.2) is 9.78 Å². The SMILES string of the molecule is COC(=O)c1ccc(Cl)c2sc(N)nc12. The van der Waals surface area contributed by atoms with Crippen LogP contribution in [0.25, 0.3) is 10.2 Å². The maximum absolute atomic E-state index is 11.4. The van der Waals surface area contributed by atoms with Crippen LogP contribution in [0.3, 0.4) is 0 Å². The second-order valence-corrected chi connectivity index (χ2v) is 4.25. The summed E-state index contributed by atoms with van der Waals surface area (Å²) in [6.07, 6.45) is 0. The number of nitrogens with zero attached hydrogens (tertiary/aromatic N) is 1. The molecule has 0 aliphatic heterocycles. The summed E-state index contributed by atoms with van der Waals surface area (Å²) in [6.45, 7) is 0. The van der Waals surface area contributed by atoms with Crippen molar-refractivity contribution in [3.05, 3.63) is 22.7 Å². The molecule has 78 valence electrons. The number of hydrogen-bond acceptors (Lipinski definition) is 5. The van der Waals surface area contributed by atoms with Crippen LogP contribution >= 0.6 is 22.9 Å². The Bertz CT molecular complexity index is 538. The fourth-order valence-corrected chi connectivity index (χ4v) is 2.30. The van der Waals surface area contributed by atoms with Crippen molar-refractivity contribution in [3.8, 4) is 0 Å². The van der Waals surface area contributed by atoms with Gasteiger partial charge in [0.2, 0.25) is 0 Å². The number of anilines is 1. The standard InChI is InChI=1S/C9H7ClN2O2S/c1-14-8(13)4-2-3-5(10)7-6(4)12-9(11)15-7/h2-3H,1H3,(H2,11,12). The molecule has 1 aromatic heterocycles. The van der Waals surface area contributed by atoms with Crippen molar-refractivity contribution in [2.24, 2.45) is 0 Å². The average Bonchev–Trinajstić information content (AvgIpc) is 2.60. The van der Waals surface area contributed by atoms with Gasteiger partial charge in [0.15, 0.2) is 5.13 Å². The molecule has 0 atom stereocenters. The Labute approximate surface area is 94.6 Å². The molecule has 0 aliphatic rings. The third kappa shape index (κ3) is 1.64. The number of aromatic nitrogens is 1. The van der Waals surface area contributed by atoms with Crippen molar-refractivity contribution >= 4 is 44.3 Å². The molecule has 15 heavy (non-hydrogen) atoms. The predicted octanol–water partition coefficient (Wildman–Crippen LogP) is 2.32. The Balaban J connectivity index is 2.76. The average molecular weight is 243 g/mol. The topological polar surface area (TPSA) is 65.2 Å². The zero-order chi connectivity index (χ0) is 11.0. The lowest BCUT2D eigenvalue weighted by molar-refractivity contribution is 0.0603. The van der Waals surface area contributed by atoms with Crippen molar-refractivity contribution in [2.45, 2.75) is 0 Å². The Morgan fingerprint density at radius 1 is 1.60 bits per heavy atom. The van der Waals surface area contributed by atoms with Gasteiger partial charge in [-0.3, -0.25) is 0 Å². The van der Waals surface area contributed by atoms with E-state index in [1.807, 2.05) is 0 Å². The number of hydrogen-bond donors (Lipinski definition) is 1. The molecule has 0 fully saturated rings. The summed E-state index contributed by atoms with van der Waals surface area (Å²) in [5.74, 6) is -0.443. The van der Waals surface area contributed by atoms with Crippen LogP contribution < -0.4 is 5.73 Å². The normalized spacial score (nSPS) is 10.5. The molecule has 2 N–H and O–H groups in total. The second-order valence-electron chi connectivity index (χ2n) is 2.82. The maximum atomic E-state index is 11.4. The molecular weight excluding hydrogens is 236 g/mol. The monoisotopic (exact) mass is 242 g/mol. The van der Waals surface area contributed by atoms with Gasteiger partial charge in [0.25, 0.3) is 0 Å². The number of methoxy groups -OCH3 is 1. The summed E-state index contributed by atoms with van der Waals surface area (Å²) in [4.78, 5) is 15.5. The number of fused-ring (bicyclic) bond motifs is 1. The van der Waals surface area contributed by atoms with Crippen LogP contribution in [0.4, 0.5) is 5.13 Å². The van der Waals surface area contributed by atoms with Crippen LogP contribution in [-0.2, 0) is 4.74 Å². The van der Waals surface area contributed by atoms with Crippen LogP contribution in [0, 0.1) is 0 Å². The fraction of sp³-hybridized carbons (Fsp3) is 0.111. The molecule has 0 unspecified atom stereocenters. The molecule has 0 radical (unpaired) electrons. The Kier molecular flexibility index (Phi) is 2.50. The molecule has 0 saturated carbocycles. The van der Waals surface area contributed by atoms with E-state index < -0.39 is 5.97 Å². The fourth-order valence-electron chi connectivity index (χ4n) is 1.27. The van der Waals surface area contributed by atoms with Gasteiger partial charge in [-0.15, -0.1) is 0 Å². The molecule has 1 aromatic carbocycles. The summed E-state index contributed by atoms with van der Waals surface area (Å²) in [7, 11) is 1.32. The maximum Gasteiger partial charge on any atom is 0.340 e. The number of nitrogens with two attached hydrogens (primary N) is 1. The lowest BCUT2D eigenvalue weighted by Gasteiger charge is -2.00. The Morgan fingerprint density at radius 2 is 2.33 bits per heavy atom. The van der Waals surface area contributed by atoms with Gasteiger partial charge in [-0.2, -0.15) is 0 Å². The Morgan fingerprint density at radius 3 is 3.00 bits per heavy atom. The minimum atomic E-state index is -0.443. The highest BCUT2D eigenvalue weighted by molar-refractivity contribution is 7.22. The number of thiazole rings is 1. The van der Waals surface area contributed by atoms with E-state index in [0.29, 0.717) is 25.9 Å². The van der Waals surface area contributed by atoms with Gasteiger partial charge in [0.1, 0.15) is 0 Å². The molecule has 1 heterocycles. The molecule has 0 aliphatic carbocycles. The minimum absolute atomic E-state index is 0.378. The van der Waals surface area contributed by atoms with Crippen molar-refractivity contribution in [1.82, 2.24) is 4.98 Å². The summed E-state index contributed by atoms with van der Waals surface area (Å²) >= 11 is 7.20. The van der Waals surface area contributed by atoms with Gasteiger partial charge in [0.05, 0.1) is 27.9 Å². The van der Waals surface area contributed by atoms with E-state index >= 15 is 0 Å². The van der Waals surface area contributed by atoms with Crippen LogP contribution in [0.5, 0.6) is 0 Å². The molecule has 0 amide bonds. The molecule has 6 heteroatoms. The first-order chi connectivity index (χ1) is 7.13. The number of halogens is 1. The van der Waals surface area contributed by atoms with E-state index in [4.69, 9.17) is 17.3 Å². The summed E-state index contributed by atoms with van der Waals surface area (Å²) in [6, 6.07) is 3.21. The van der Waals surface area contributed by atoms with E-state index in [0.717, 1.165) is 0 Å². The highest BCUT2D eigenvalue weighted by Gasteiger charge is 2.15. The van der Waals surface area contributed by atoms with Crippen molar-refractivity contribution in [2.75, 3.05) is 12.8 Å². The van der Waals surface area contributed by atoms with Crippen molar-refractivity contribution in [1.29, 1.82) is 0 Å². The lowest BCUT2D eigenvalue weighted by Crippen LogP contribution is -2.01. The van der Waals surface area contributed by atoms with E-state index in [1.54, 1.807) is 12.1 Å². The van der Waals surface area contributed by atoms with Gasteiger partial charge in [-0.05, 0) is 12.1 Å². The third-order valence-corrected chi connectivity index (χ3v) is 3.26. The van der Waals surface area contributed by atoms with Gasteiger partial charge >= 0.3 is 5.97 Å². The molecule has 4 nitrogen and oxygen atoms in total. The molecule has 0 spiro atoms. The van der Waals surface area contributed by atoms with E-state index in [-0.39, 0.29) is 0 Å². The number of benzene rings is 1. The van der Waals surface area contributed by atoms with Crippen molar-refractivity contribution < 1.29 is 9.53 Å². The minimum Gasteiger partial charge on any atom is -0.465 e. The number of esters is 1. The highest BCUT2D eigenvalue weighted by atomic mass is 35.5. The summed E-state index contributed by atoms with van der Waals surface area (Å²) in [5, 5.41) is 0.912. The third-order valence-electron chi connectivity index (χ3n) is 1.92. The molecule has 0 bridgehead atoms. The van der Waals surface area contributed by atoms with Crippen LogP contribution in [0.1, 0.15) is 10.4 Å². The van der Waals surface area contributed by atoms with Crippen LogP contribution in [-0.4, -0.2) is 18.1 Å². The predicted molar refractivity (Wildman–Crippen MR) is 60.4 cm³/mol. The lowest BCUT2D eigenvalue weighted by atomic mass is 10.2. The van der Waals surface area contributed by atoms with Gasteiger partial charge < -0.3 is 10.5 Å². The number of carbonyl (C=O) groups is 1. The Hall–Kier alpha value is -1.33. The first kappa shape index (κ1) is 10.2. The summed E-state index contributed by atoms with van der Waals surface area (Å²) < 4.78 is 5.34. The zero-order valence-electron chi connectivity index (χ0n) is 7.78. The molecule has 2 rings (SSSR count). The molecule has 2 aromatic rings. The first-order valence-electron chi connectivity index (χ1n) is 4.06. The van der Waals surface area contributed by atoms with E-state index in [2.05, 4.69) is 9.72 Å². The number of carbonyl (C=O) groups excluding carboxylic acids is 1. The number of nitrogen functional groups attached to an aromatic ring is 1. The smallest absolute Gasteiger partial charge is 0.340 e. The van der Waals surface area contributed by atoms with Crippen molar-refractivity contribution in [3.63, 3.8) is 0 Å². The van der Waals surface area contributed by atoms with Crippen LogP contribution in [0.15, 0.2) is 12.1 Å². The van der Waals surface area contributed by atoms with E-state index in [1.165, 1.54) is 18.4 Å². The second kappa shape index (κ2) is 3.67. The van der Waals surface area contributed by atoms with Gasteiger partial charge in [0, 0.05) is 0 Å². The zero-order valence-corrected chi connectivity index (χ0v) is 9.35. The number of rotatable bonds is 1. The summed E-state index contributed by atoms with van der Waals surface area (Å²) in [5.41, 5.74) is 6.44.